The molecule has 1 aliphatic rings. The average molecular weight is 403 g/mol. The Morgan fingerprint density at radius 3 is 2.20 bits per heavy atom. The van der Waals surface area contributed by atoms with E-state index in [1.807, 2.05) is 35.2 Å². The Labute approximate surface area is 177 Å². The summed E-state index contributed by atoms with van der Waals surface area (Å²) < 4.78 is 18.7. The molecular formula is C26H26FNO2. The van der Waals surface area contributed by atoms with Crippen LogP contribution < -0.4 is 9.64 Å². The van der Waals surface area contributed by atoms with Crippen molar-refractivity contribution in [3.05, 3.63) is 95.3 Å². The van der Waals surface area contributed by atoms with Gasteiger partial charge in [-0.3, -0.25) is 4.79 Å². The summed E-state index contributed by atoms with van der Waals surface area (Å²) >= 11 is 0. The fourth-order valence-corrected chi connectivity index (χ4v) is 4.82. The average Bonchev–Trinajstić information content (AvgIpc) is 2.73. The number of nitrogens with zero attached hydrogens (tertiary/aromatic N) is 1. The molecule has 3 aromatic carbocycles. The maximum absolute atomic E-state index is 13.5. The molecule has 3 aromatic rings. The molecule has 1 amide bonds. The molecule has 0 aliphatic carbocycles. The van der Waals surface area contributed by atoms with E-state index in [2.05, 4.69) is 39.0 Å². The number of carbonyl (C=O) groups is 1. The van der Waals surface area contributed by atoms with Gasteiger partial charge in [-0.2, -0.15) is 0 Å². The summed E-state index contributed by atoms with van der Waals surface area (Å²) in [5.41, 5.74) is 2.93. The van der Waals surface area contributed by atoms with Crippen molar-refractivity contribution < 1.29 is 13.9 Å². The van der Waals surface area contributed by atoms with Gasteiger partial charge in [0.25, 0.3) is 5.91 Å². The number of ether oxygens (including phenoxy) is 1. The second-order valence-electron chi connectivity index (χ2n) is 8.71. The number of fused-ring (bicyclic) bond motifs is 1. The first-order valence-electron chi connectivity index (χ1n) is 10.1. The van der Waals surface area contributed by atoms with Crippen LogP contribution in [0.5, 0.6) is 5.75 Å². The molecule has 0 saturated heterocycles. The monoisotopic (exact) mass is 403 g/mol. The predicted octanol–water partition coefficient (Wildman–Crippen LogP) is 5.97. The number of hydrogen-bond donors (Lipinski definition) is 0. The first-order valence-corrected chi connectivity index (χ1v) is 10.1. The van der Waals surface area contributed by atoms with E-state index in [-0.39, 0.29) is 17.1 Å². The molecule has 0 saturated carbocycles. The van der Waals surface area contributed by atoms with Crippen molar-refractivity contribution in [3.8, 4) is 5.75 Å². The predicted molar refractivity (Wildman–Crippen MR) is 118 cm³/mol. The van der Waals surface area contributed by atoms with Gasteiger partial charge < -0.3 is 9.64 Å². The van der Waals surface area contributed by atoms with E-state index in [9.17, 15) is 9.18 Å². The highest BCUT2D eigenvalue weighted by Gasteiger charge is 2.47. The minimum atomic E-state index is -0.450. The fraction of sp³-hybridized carbons (Fsp3) is 0.269. The first kappa shape index (κ1) is 20.1. The lowest BCUT2D eigenvalue weighted by molar-refractivity contribution is 0.0948. The summed E-state index contributed by atoms with van der Waals surface area (Å²) in [6.45, 7) is 6.41. The molecule has 4 heteroatoms. The number of halogens is 1. The van der Waals surface area contributed by atoms with Crippen LogP contribution in [0.4, 0.5) is 10.1 Å². The van der Waals surface area contributed by atoms with Crippen LogP contribution in [0, 0.1) is 5.82 Å². The highest BCUT2D eigenvalue weighted by molar-refractivity contribution is 6.08. The van der Waals surface area contributed by atoms with E-state index < -0.39 is 5.54 Å². The molecule has 0 bridgehead atoms. The summed E-state index contributed by atoms with van der Waals surface area (Å²) in [7, 11) is 1.66. The summed E-state index contributed by atoms with van der Waals surface area (Å²) in [4.78, 5) is 15.4. The normalized spacial score (nSPS) is 19.8. The van der Waals surface area contributed by atoms with E-state index in [0.29, 0.717) is 5.56 Å². The number of benzene rings is 3. The minimum Gasteiger partial charge on any atom is -0.497 e. The van der Waals surface area contributed by atoms with Crippen LogP contribution >= 0.6 is 0 Å². The van der Waals surface area contributed by atoms with Crippen LogP contribution in [0.3, 0.4) is 0 Å². The lowest BCUT2D eigenvalue weighted by atomic mass is 9.65. The van der Waals surface area contributed by atoms with Crippen molar-refractivity contribution in [1.29, 1.82) is 0 Å². The largest absolute Gasteiger partial charge is 0.497 e. The van der Waals surface area contributed by atoms with Crippen molar-refractivity contribution in [2.75, 3.05) is 12.0 Å². The maximum Gasteiger partial charge on any atom is 0.258 e. The first-order chi connectivity index (χ1) is 14.3. The number of rotatable bonds is 3. The van der Waals surface area contributed by atoms with Crippen LogP contribution in [0.15, 0.2) is 72.8 Å². The van der Waals surface area contributed by atoms with Gasteiger partial charge in [-0.25, -0.2) is 4.39 Å². The molecule has 1 aliphatic heterocycles. The molecule has 0 unspecified atom stereocenters. The third-order valence-electron chi connectivity index (χ3n) is 6.15. The van der Waals surface area contributed by atoms with E-state index >= 15 is 0 Å². The highest BCUT2D eigenvalue weighted by atomic mass is 19.1. The quantitative estimate of drug-likeness (QED) is 0.539. The molecule has 0 spiro atoms. The Kier molecular flexibility index (Phi) is 4.89. The topological polar surface area (TPSA) is 29.5 Å². The summed E-state index contributed by atoms with van der Waals surface area (Å²) in [6, 6.07) is 22.0. The summed E-state index contributed by atoms with van der Waals surface area (Å²) in [5.74, 6) is 0.347. The van der Waals surface area contributed by atoms with Gasteiger partial charge >= 0.3 is 0 Å². The Balaban J connectivity index is 1.85. The Morgan fingerprint density at radius 1 is 0.933 bits per heavy atom. The van der Waals surface area contributed by atoms with Crippen LogP contribution in [0.25, 0.3) is 0 Å². The SMILES string of the molecule is COc1ccc([C@@]2(C)CC(C)(C)N(C(=O)c3ccc(F)cc3)c3ccccc32)cc1. The zero-order valence-corrected chi connectivity index (χ0v) is 17.8. The molecule has 154 valence electrons. The number of anilines is 1. The van der Waals surface area contributed by atoms with E-state index in [0.717, 1.165) is 23.4 Å². The number of hydrogen-bond acceptors (Lipinski definition) is 2. The van der Waals surface area contributed by atoms with E-state index in [4.69, 9.17) is 4.74 Å². The molecule has 0 N–H and O–H groups in total. The fourth-order valence-electron chi connectivity index (χ4n) is 4.82. The van der Waals surface area contributed by atoms with E-state index in [1.165, 1.54) is 17.7 Å². The number of carbonyl (C=O) groups excluding carboxylic acids is 1. The Bertz CT molecular complexity index is 1070. The zero-order valence-electron chi connectivity index (χ0n) is 17.8. The lowest BCUT2D eigenvalue weighted by Gasteiger charge is -2.51. The van der Waals surface area contributed by atoms with Crippen molar-refractivity contribution in [1.82, 2.24) is 0 Å². The van der Waals surface area contributed by atoms with Gasteiger partial charge in [0.2, 0.25) is 0 Å². The molecular weight excluding hydrogens is 377 g/mol. The number of methoxy groups -OCH3 is 1. The van der Waals surface area contributed by atoms with Crippen molar-refractivity contribution in [2.45, 2.75) is 38.1 Å². The smallest absolute Gasteiger partial charge is 0.258 e. The van der Waals surface area contributed by atoms with Crippen molar-refractivity contribution in [3.63, 3.8) is 0 Å². The van der Waals surface area contributed by atoms with Crippen LogP contribution in [-0.4, -0.2) is 18.6 Å². The second kappa shape index (κ2) is 7.28. The summed E-state index contributed by atoms with van der Waals surface area (Å²) in [5, 5.41) is 0. The van der Waals surface area contributed by atoms with Gasteiger partial charge in [0.1, 0.15) is 11.6 Å². The number of para-hydroxylation sites is 1. The van der Waals surface area contributed by atoms with Crippen molar-refractivity contribution in [2.24, 2.45) is 0 Å². The molecule has 1 atom stereocenters. The molecule has 0 fully saturated rings. The molecule has 0 aromatic heterocycles. The molecule has 30 heavy (non-hydrogen) atoms. The van der Waals surface area contributed by atoms with Gasteiger partial charge in [0.15, 0.2) is 0 Å². The minimum absolute atomic E-state index is 0.121. The highest BCUT2D eigenvalue weighted by Crippen LogP contribution is 2.50. The van der Waals surface area contributed by atoms with Crippen molar-refractivity contribution >= 4 is 11.6 Å². The molecule has 4 rings (SSSR count). The summed E-state index contributed by atoms with van der Waals surface area (Å²) in [6.07, 6.45) is 0.746. The molecule has 0 radical (unpaired) electrons. The van der Waals surface area contributed by atoms with Crippen LogP contribution in [0.2, 0.25) is 0 Å². The van der Waals surface area contributed by atoms with Gasteiger partial charge in [-0.15, -0.1) is 0 Å². The van der Waals surface area contributed by atoms with Gasteiger partial charge in [0, 0.05) is 22.2 Å². The third-order valence-corrected chi connectivity index (χ3v) is 6.15. The Morgan fingerprint density at radius 2 is 1.57 bits per heavy atom. The number of amides is 1. The Hall–Kier alpha value is -3.14. The van der Waals surface area contributed by atoms with Crippen LogP contribution in [0.1, 0.15) is 48.7 Å². The van der Waals surface area contributed by atoms with E-state index in [1.54, 1.807) is 19.2 Å². The van der Waals surface area contributed by atoms with Gasteiger partial charge in [-0.05, 0) is 73.9 Å². The third kappa shape index (κ3) is 3.26. The second-order valence-corrected chi connectivity index (χ2v) is 8.71. The maximum atomic E-state index is 13.5. The van der Waals surface area contributed by atoms with Gasteiger partial charge in [-0.1, -0.05) is 37.3 Å². The zero-order chi connectivity index (χ0) is 21.5. The van der Waals surface area contributed by atoms with Gasteiger partial charge in [0.05, 0.1) is 7.11 Å². The van der Waals surface area contributed by atoms with Crippen LogP contribution in [-0.2, 0) is 5.41 Å². The lowest BCUT2D eigenvalue weighted by Crippen LogP contribution is -2.55. The molecule has 1 heterocycles. The molecule has 3 nitrogen and oxygen atoms in total. The standard InChI is InChI=1S/C26H26FNO2/c1-25(2)17-26(3,19-11-15-21(30-4)16-12-19)22-7-5-6-8-23(22)28(25)24(29)18-9-13-20(27)14-10-18/h5-16H,17H2,1-4H3/t26-/m1/s1.